The molecule has 1 N–H and O–H groups in total. The fourth-order valence-corrected chi connectivity index (χ4v) is 1.95. The van der Waals surface area contributed by atoms with Gasteiger partial charge in [-0.1, -0.05) is 23.7 Å². The van der Waals surface area contributed by atoms with Gasteiger partial charge in [0, 0.05) is 24.4 Å². The van der Waals surface area contributed by atoms with Crippen molar-refractivity contribution in [3.8, 4) is 0 Å². The van der Waals surface area contributed by atoms with E-state index in [-0.39, 0.29) is 12.2 Å². The van der Waals surface area contributed by atoms with E-state index >= 15 is 0 Å². The van der Waals surface area contributed by atoms with Gasteiger partial charge in [0.1, 0.15) is 5.15 Å². The summed E-state index contributed by atoms with van der Waals surface area (Å²) < 4.78 is 27.4. The first-order valence-electron chi connectivity index (χ1n) is 6.18. The molecule has 0 saturated carbocycles. The largest absolute Gasteiger partial charge is 0.298 e. The lowest BCUT2D eigenvalue weighted by atomic mass is 9.98. The Bertz CT molecular complexity index is 645. The Morgan fingerprint density at radius 1 is 1.33 bits per heavy atom. The van der Waals surface area contributed by atoms with Crippen molar-refractivity contribution in [2.24, 2.45) is 0 Å². The van der Waals surface area contributed by atoms with E-state index in [2.05, 4.69) is 10.5 Å². The molecule has 0 saturated heterocycles. The highest BCUT2D eigenvalue weighted by atomic mass is 35.5. The van der Waals surface area contributed by atoms with E-state index in [0.29, 0.717) is 16.3 Å². The second-order valence-electron chi connectivity index (χ2n) is 4.10. The first-order chi connectivity index (χ1) is 10.1. The number of rotatable bonds is 5. The molecule has 1 heterocycles. The lowest BCUT2D eigenvalue weighted by molar-refractivity contribution is 0.0813. The monoisotopic (exact) mass is 310 g/mol. The Balaban J connectivity index is 2.48. The van der Waals surface area contributed by atoms with Gasteiger partial charge >= 0.3 is 0 Å². The summed E-state index contributed by atoms with van der Waals surface area (Å²) in [6.07, 6.45) is 3.14. The first kappa shape index (κ1) is 15.6. The van der Waals surface area contributed by atoms with Gasteiger partial charge in [-0.2, -0.15) is 0 Å². The number of hydroxylamine groups is 1. The van der Waals surface area contributed by atoms with Crippen molar-refractivity contribution in [2.75, 3.05) is 13.7 Å². The molecular formula is C15H13ClF2N2O. The minimum Gasteiger partial charge on any atom is -0.298 e. The number of hydrogen-bond acceptors (Lipinski definition) is 3. The van der Waals surface area contributed by atoms with Crippen LogP contribution < -0.4 is 5.48 Å². The van der Waals surface area contributed by atoms with Crippen molar-refractivity contribution in [1.82, 2.24) is 10.5 Å². The lowest BCUT2D eigenvalue weighted by Gasteiger charge is -2.10. The molecular weight excluding hydrogens is 298 g/mol. The Labute approximate surface area is 126 Å². The number of nitrogens with zero attached hydrogens (tertiary/aromatic N) is 1. The Morgan fingerprint density at radius 2 is 2.14 bits per heavy atom. The minimum atomic E-state index is -0.914. The van der Waals surface area contributed by atoms with Gasteiger partial charge < -0.3 is 0 Å². The summed E-state index contributed by atoms with van der Waals surface area (Å²) in [6.45, 7) is 0.185. The van der Waals surface area contributed by atoms with Gasteiger partial charge in [-0.15, -0.1) is 0 Å². The van der Waals surface area contributed by atoms with Crippen LogP contribution in [-0.2, 0) is 4.84 Å². The molecule has 2 aromatic rings. The van der Waals surface area contributed by atoms with Crippen molar-refractivity contribution in [3.63, 3.8) is 0 Å². The fraction of sp³-hybridized carbons (Fsp3) is 0.133. The summed E-state index contributed by atoms with van der Waals surface area (Å²) in [5.74, 6) is -1.82. The Hall–Kier alpha value is -1.82. The van der Waals surface area contributed by atoms with Crippen molar-refractivity contribution in [1.29, 1.82) is 0 Å². The average molecular weight is 311 g/mol. The van der Waals surface area contributed by atoms with Crippen LogP contribution in [0.25, 0.3) is 5.57 Å². The van der Waals surface area contributed by atoms with Gasteiger partial charge in [-0.25, -0.2) is 19.2 Å². The summed E-state index contributed by atoms with van der Waals surface area (Å²) in [6, 6.07) is 7.29. The molecule has 1 aromatic carbocycles. The molecule has 0 aliphatic heterocycles. The number of nitrogens with one attached hydrogen (secondary N) is 1. The number of benzene rings is 1. The number of halogens is 3. The zero-order valence-corrected chi connectivity index (χ0v) is 12.0. The van der Waals surface area contributed by atoms with E-state index in [1.165, 1.54) is 18.3 Å². The molecule has 0 aliphatic rings. The number of hydrogen-bond donors (Lipinski definition) is 1. The molecule has 0 bridgehead atoms. The molecule has 3 nitrogen and oxygen atoms in total. The molecule has 6 heteroatoms. The SMILES string of the molecule is CNOCC=C(c1ccc(Cl)nc1)c1cccc(F)c1F. The third-order valence-corrected chi connectivity index (χ3v) is 3.02. The van der Waals surface area contributed by atoms with Crippen molar-refractivity contribution < 1.29 is 13.6 Å². The van der Waals surface area contributed by atoms with Crippen molar-refractivity contribution >= 4 is 17.2 Å². The molecule has 0 radical (unpaired) electrons. The van der Waals surface area contributed by atoms with E-state index in [1.54, 1.807) is 25.3 Å². The molecule has 21 heavy (non-hydrogen) atoms. The molecule has 1 aromatic heterocycles. The Kier molecular flexibility index (Phi) is 5.38. The van der Waals surface area contributed by atoms with Gasteiger partial charge in [0.2, 0.25) is 0 Å². The van der Waals surface area contributed by atoms with Gasteiger partial charge in [0.25, 0.3) is 0 Å². The van der Waals surface area contributed by atoms with Gasteiger partial charge in [0.15, 0.2) is 11.6 Å². The molecule has 0 amide bonds. The second kappa shape index (κ2) is 7.26. The predicted octanol–water partition coefficient (Wildman–Crippen LogP) is 3.60. The van der Waals surface area contributed by atoms with Crippen LogP contribution in [0.3, 0.4) is 0 Å². The minimum absolute atomic E-state index is 0.138. The maximum Gasteiger partial charge on any atom is 0.166 e. The van der Waals surface area contributed by atoms with Gasteiger partial charge in [-0.05, 0) is 29.8 Å². The summed E-state index contributed by atoms with van der Waals surface area (Å²) in [7, 11) is 1.61. The summed E-state index contributed by atoms with van der Waals surface area (Å²) in [5.41, 5.74) is 3.74. The first-order valence-corrected chi connectivity index (χ1v) is 6.56. The Morgan fingerprint density at radius 3 is 2.81 bits per heavy atom. The van der Waals surface area contributed by atoms with E-state index in [1.807, 2.05) is 0 Å². The van der Waals surface area contributed by atoms with Crippen molar-refractivity contribution in [2.45, 2.75) is 0 Å². The van der Waals surface area contributed by atoms with E-state index < -0.39 is 11.6 Å². The highest BCUT2D eigenvalue weighted by Gasteiger charge is 2.14. The maximum absolute atomic E-state index is 14.0. The standard InChI is InChI=1S/C15H13ClF2N2O/c1-19-21-8-7-11(10-5-6-14(16)20-9-10)12-3-2-4-13(17)15(12)18/h2-7,9,19H,8H2,1H3. The van der Waals surface area contributed by atoms with Gasteiger partial charge in [0.05, 0.1) is 6.61 Å². The molecule has 110 valence electrons. The molecule has 0 unspecified atom stereocenters. The van der Waals surface area contributed by atoms with E-state index in [0.717, 1.165) is 6.07 Å². The lowest BCUT2D eigenvalue weighted by Crippen LogP contribution is -2.07. The second-order valence-corrected chi connectivity index (χ2v) is 4.49. The van der Waals surface area contributed by atoms with E-state index in [9.17, 15) is 8.78 Å². The van der Waals surface area contributed by atoms with E-state index in [4.69, 9.17) is 16.4 Å². The highest BCUT2D eigenvalue weighted by Crippen LogP contribution is 2.27. The third kappa shape index (κ3) is 3.85. The van der Waals surface area contributed by atoms with Crippen LogP contribution >= 0.6 is 11.6 Å². The number of aromatic nitrogens is 1. The van der Waals surface area contributed by atoms with Gasteiger partial charge in [-0.3, -0.25) is 4.84 Å². The summed E-state index contributed by atoms with van der Waals surface area (Å²) >= 11 is 5.75. The van der Waals surface area contributed by atoms with Crippen LogP contribution in [0.1, 0.15) is 11.1 Å². The van der Waals surface area contributed by atoms with Crippen LogP contribution in [0.5, 0.6) is 0 Å². The maximum atomic E-state index is 14.0. The number of pyridine rings is 1. The molecule has 2 rings (SSSR count). The topological polar surface area (TPSA) is 34.1 Å². The zero-order valence-electron chi connectivity index (χ0n) is 11.2. The van der Waals surface area contributed by atoms with Crippen LogP contribution in [0.4, 0.5) is 8.78 Å². The van der Waals surface area contributed by atoms with Crippen LogP contribution in [-0.4, -0.2) is 18.6 Å². The fourth-order valence-electron chi connectivity index (χ4n) is 1.84. The average Bonchev–Trinajstić information content (AvgIpc) is 2.48. The van der Waals surface area contributed by atoms with Crippen LogP contribution in [0.15, 0.2) is 42.6 Å². The summed E-state index contributed by atoms with van der Waals surface area (Å²) in [4.78, 5) is 8.97. The predicted molar refractivity (Wildman–Crippen MR) is 77.7 cm³/mol. The molecule has 0 fully saturated rings. The third-order valence-electron chi connectivity index (χ3n) is 2.80. The van der Waals surface area contributed by atoms with Crippen LogP contribution in [0.2, 0.25) is 5.15 Å². The molecule has 0 atom stereocenters. The molecule has 0 spiro atoms. The zero-order chi connectivity index (χ0) is 15.2. The molecule has 0 aliphatic carbocycles. The highest BCUT2D eigenvalue weighted by molar-refractivity contribution is 6.29. The normalized spacial score (nSPS) is 11.7. The smallest absolute Gasteiger partial charge is 0.166 e. The van der Waals surface area contributed by atoms with Crippen molar-refractivity contribution in [3.05, 3.63) is 70.5 Å². The van der Waals surface area contributed by atoms with Crippen LogP contribution in [0, 0.1) is 11.6 Å². The quantitative estimate of drug-likeness (QED) is 0.520. The summed E-state index contributed by atoms with van der Waals surface area (Å²) in [5, 5.41) is 0.323.